The Kier molecular flexibility index (Phi) is 3.90. The van der Waals surface area contributed by atoms with Crippen LogP contribution in [0.4, 0.5) is 14.4 Å². The van der Waals surface area contributed by atoms with Crippen molar-refractivity contribution in [3.8, 4) is 0 Å². The normalized spacial score (nSPS) is 12.0. The molecule has 0 atom stereocenters. The fraction of sp³-hybridized carbons (Fsp3) is 0.400. The van der Waals surface area contributed by atoms with Crippen molar-refractivity contribution in [2.24, 2.45) is 0 Å². The maximum absolute atomic E-state index is 12.9. The summed E-state index contributed by atoms with van der Waals surface area (Å²) < 4.78 is 39.4. The summed E-state index contributed by atoms with van der Waals surface area (Å²) >= 11 is 0. The van der Waals surface area contributed by atoms with Crippen molar-refractivity contribution >= 4 is 22.0 Å². The molecular weight excluding hydrogens is 263 g/mol. The molecule has 0 saturated carbocycles. The van der Waals surface area contributed by atoms with Crippen molar-refractivity contribution in [3.05, 3.63) is 18.3 Å². The maximum atomic E-state index is 12.9. The van der Waals surface area contributed by atoms with Gasteiger partial charge in [-0.25, -0.2) is 9.78 Å². The van der Waals surface area contributed by atoms with E-state index in [1.807, 2.05) is 0 Å². The van der Waals surface area contributed by atoms with E-state index in [0.29, 0.717) is 0 Å². The molecule has 0 unspecified atom stereocenters. The first-order chi connectivity index (χ1) is 8.09. The molecule has 1 amide bonds. The average Bonchev–Trinajstić information content (AvgIpc) is 2.13. The van der Waals surface area contributed by atoms with Crippen LogP contribution in [0.15, 0.2) is 23.4 Å². The van der Waals surface area contributed by atoms with Crippen molar-refractivity contribution in [1.29, 1.82) is 0 Å². The number of carbonyl (C=O) groups is 1. The predicted octanol–water partition coefficient (Wildman–Crippen LogP) is 2.09. The van der Waals surface area contributed by atoms with E-state index >= 15 is 0 Å². The number of hydrogen-bond donors (Lipinski definition) is 1. The van der Waals surface area contributed by atoms with Crippen LogP contribution in [0.2, 0.25) is 0 Å². The number of carbonyl (C=O) groups excluding carboxylic acids is 1. The Hall–Kier alpha value is -1.70. The van der Waals surface area contributed by atoms with Crippen LogP contribution in [-0.4, -0.2) is 25.1 Å². The Morgan fingerprint density at radius 1 is 1.44 bits per heavy atom. The van der Waals surface area contributed by atoms with E-state index in [-0.39, 0.29) is 5.69 Å². The van der Waals surface area contributed by atoms with Crippen LogP contribution >= 0.6 is 0 Å². The quantitative estimate of drug-likeness (QED) is 0.836. The lowest BCUT2D eigenvalue weighted by molar-refractivity contribution is 0.0635. The Balaban J connectivity index is 2.96. The summed E-state index contributed by atoms with van der Waals surface area (Å²) in [5.74, 6) is 0. The number of hydrogen-bond acceptors (Lipinski definition) is 5. The topological polar surface area (TPSA) is 85.4 Å². The highest BCUT2D eigenvalue weighted by atomic mass is 32.3. The first-order valence-electron chi connectivity index (χ1n) is 4.99. The molecule has 0 spiro atoms. The second-order valence-corrected chi connectivity index (χ2v) is 5.68. The Labute approximate surface area is 104 Å². The van der Waals surface area contributed by atoms with Crippen LogP contribution in [-0.2, 0) is 15.0 Å². The van der Waals surface area contributed by atoms with E-state index in [4.69, 9.17) is 4.74 Å². The fourth-order valence-electron chi connectivity index (χ4n) is 1.09. The molecule has 100 valence electrons. The van der Waals surface area contributed by atoms with Crippen molar-refractivity contribution in [3.63, 3.8) is 0 Å². The predicted molar refractivity (Wildman–Crippen MR) is 62.4 cm³/mol. The number of nitrogens with zero attached hydrogens (tertiary/aromatic N) is 1. The smallest absolute Gasteiger partial charge is 0.412 e. The molecule has 18 heavy (non-hydrogen) atoms. The molecule has 0 aromatic carbocycles. The Bertz CT molecular complexity index is 551. The zero-order valence-electron chi connectivity index (χ0n) is 10.1. The third-order valence-electron chi connectivity index (χ3n) is 1.64. The lowest BCUT2D eigenvalue weighted by Gasteiger charge is -2.19. The van der Waals surface area contributed by atoms with Gasteiger partial charge in [0.15, 0.2) is 0 Å². The van der Waals surface area contributed by atoms with Gasteiger partial charge in [0.05, 0.1) is 5.69 Å². The van der Waals surface area contributed by atoms with Crippen LogP contribution in [0.5, 0.6) is 0 Å². The summed E-state index contributed by atoms with van der Waals surface area (Å²) in [6.45, 7) is 4.92. The third-order valence-corrected chi connectivity index (χ3v) is 2.42. The number of ether oxygens (including phenoxy) is 1. The van der Waals surface area contributed by atoms with Gasteiger partial charge in [-0.1, -0.05) is 3.89 Å². The Morgan fingerprint density at radius 2 is 2.06 bits per heavy atom. The molecule has 1 N–H and O–H groups in total. The van der Waals surface area contributed by atoms with Gasteiger partial charge in [-0.15, -0.1) is 0 Å². The molecular formula is C10H13FN2O4S. The SMILES string of the molecule is CC(C)(C)OC(=O)Nc1cccnc1S(=O)(=O)F. The van der Waals surface area contributed by atoms with Crippen LogP contribution in [0.1, 0.15) is 20.8 Å². The highest BCUT2D eigenvalue weighted by molar-refractivity contribution is 7.86. The molecule has 0 aliphatic heterocycles. The summed E-state index contributed by atoms with van der Waals surface area (Å²) in [7, 11) is -5.00. The van der Waals surface area contributed by atoms with E-state index < -0.39 is 26.9 Å². The van der Waals surface area contributed by atoms with Crippen LogP contribution < -0.4 is 5.32 Å². The molecule has 6 nitrogen and oxygen atoms in total. The van der Waals surface area contributed by atoms with Crippen LogP contribution in [0.25, 0.3) is 0 Å². The standard InChI is InChI=1S/C10H13FN2O4S/c1-10(2,3)17-9(14)13-7-5-4-6-12-8(7)18(11,15)16/h4-6H,1-3H3,(H,13,14). The maximum Gasteiger partial charge on any atom is 0.412 e. The number of anilines is 1. The first-order valence-corrected chi connectivity index (χ1v) is 6.37. The van der Waals surface area contributed by atoms with E-state index in [1.165, 1.54) is 12.1 Å². The summed E-state index contributed by atoms with van der Waals surface area (Å²) in [6, 6.07) is 2.57. The van der Waals surface area contributed by atoms with Crippen LogP contribution in [0.3, 0.4) is 0 Å². The van der Waals surface area contributed by atoms with Gasteiger partial charge < -0.3 is 4.74 Å². The van der Waals surface area contributed by atoms with Gasteiger partial charge in [-0.05, 0) is 32.9 Å². The molecule has 1 rings (SSSR count). The molecule has 1 aromatic rings. The van der Waals surface area contributed by atoms with Gasteiger partial charge in [0.2, 0.25) is 5.03 Å². The largest absolute Gasteiger partial charge is 0.444 e. The van der Waals surface area contributed by atoms with Gasteiger partial charge >= 0.3 is 16.3 Å². The minimum Gasteiger partial charge on any atom is -0.444 e. The zero-order chi connectivity index (χ0) is 14.0. The summed E-state index contributed by atoms with van der Waals surface area (Å²) in [5.41, 5.74) is -1.02. The minimum atomic E-state index is -5.00. The number of pyridine rings is 1. The zero-order valence-corrected chi connectivity index (χ0v) is 10.9. The van der Waals surface area contributed by atoms with Crippen molar-refractivity contribution in [1.82, 2.24) is 4.98 Å². The number of aromatic nitrogens is 1. The molecule has 1 heterocycles. The fourth-order valence-corrected chi connectivity index (χ4v) is 1.66. The number of nitrogens with one attached hydrogen (secondary N) is 1. The second-order valence-electron chi connectivity index (χ2n) is 4.42. The summed E-state index contributed by atoms with van der Waals surface area (Å²) in [6.07, 6.45) is 0.215. The first kappa shape index (κ1) is 14.4. The second kappa shape index (κ2) is 4.89. The van der Waals surface area contributed by atoms with Gasteiger partial charge in [0.1, 0.15) is 5.60 Å². The van der Waals surface area contributed by atoms with Crippen LogP contribution in [0, 0.1) is 0 Å². The summed E-state index contributed by atoms with van der Waals surface area (Å²) in [5, 5.41) is 1.28. The van der Waals surface area contributed by atoms with Crippen molar-refractivity contribution < 1.29 is 21.8 Å². The average molecular weight is 276 g/mol. The number of rotatable bonds is 2. The van der Waals surface area contributed by atoms with E-state index in [1.54, 1.807) is 20.8 Å². The number of halogens is 1. The highest BCUT2D eigenvalue weighted by Crippen LogP contribution is 2.20. The van der Waals surface area contributed by atoms with E-state index in [0.717, 1.165) is 6.20 Å². The lowest BCUT2D eigenvalue weighted by atomic mass is 10.2. The molecule has 8 heteroatoms. The molecule has 1 aromatic heterocycles. The van der Waals surface area contributed by atoms with Gasteiger partial charge in [0.25, 0.3) is 0 Å². The minimum absolute atomic E-state index is 0.269. The van der Waals surface area contributed by atoms with E-state index in [2.05, 4.69) is 10.3 Å². The molecule has 0 saturated heterocycles. The molecule has 0 fully saturated rings. The van der Waals surface area contributed by atoms with Crippen molar-refractivity contribution in [2.75, 3.05) is 5.32 Å². The molecule has 0 aliphatic rings. The number of amides is 1. The highest BCUT2D eigenvalue weighted by Gasteiger charge is 2.22. The molecule has 0 aliphatic carbocycles. The van der Waals surface area contributed by atoms with E-state index in [9.17, 15) is 17.1 Å². The molecule has 0 bridgehead atoms. The van der Waals surface area contributed by atoms with Gasteiger partial charge in [-0.2, -0.15) is 8.42 Å². The lowest BCUT2D eigenvalue weighted by Crippen LogP contribution is -2.27. The molecule has 0 radical (unpaired) electrons. The Morgan fingerprint density at radius 3 is 2.56 bits per heavy atom. The van der Waals surface area contributed by atoms with Crippen molar-refractivity contribution in [2.45, 2.75) is 31.4 Å². The monoisotopic (exact) mass is 276 g/mol. The summed E-state index contributed by atoms with van der Waals surface area (Å²) in [4.78, 5) is 14.8. The third kappa shape index (κ3) is 4.28. The van der Waals surface area contributed by atoms with Gasteiger partial charge in [0, 0.05) is 6.20 Å². The van der Waals surface area contributed by atoms with Gasteiger partial charge in [-0.3, -0.25) is 5.32 Å².